The van der Waals surface area contributed by atoms with Crippen LogP contribution in [0.15, 0.2) is 0 Å². The van der Waals surface area contributed by atoms with Crippen LogP contribution >= 0.6 is 0 Å². The van der Waals surface area contributed by atoms with Gasteiger partial charge in [0.15, 0.2) is 0 Å². The van der Waals surface area contributed by atoms with Gasteiger partial charge in [0.25, 0.3) is 0 Å². The van der Waals surface area contributed by atoms with Crippen molar-refractivity contribution in [2.24, 2.45) is 5.92 Å². The summed E-state index contributed by atoms with van der Waals surface area (Å²) in [5, 5.41) is 0. The number of hydrogen-bond acceptors (Lipinski definition) is 1. The SMILES string of the molecule is C[C@@H]1CC12CCCN2C. The highest BCUT2D eigenvalue weighted by Crippen LogP contribution is 2.53. The van der Waals surface area contributed by atoms with E-state index in [1.165, 1.54) is 25.8 Å². The first-order valence-electron chi connectivity index (χ1n) is 3.97. The number of hydrogen-bond donors (Lipinski definition) is 0. The van der Waals surface area contributed by atoms with E-state index in [-0.39, 0.29) is 0 Å². The lowest BCUT2D eigenvalue weighted by atomic mass is 10.1. The molecule has 0 radical (unpaired) electrons. The van der Waals surface area contributed by atoms with Crippen molar-refractivity contribution >= 4 is 0 Å². The lowest BCUT2D eigenvalue weighted by Gasteiger charge is -2.18. The van der Waals surface area contributed by atoms with Crippen LogP contribution in [-0.2, 0) is 0 Å². The predicted octanol–water partition coefficient (Wildman–Crippen LogP) is 1.49. The molecule has 1 nitrogen and oxygen atoms in total. The van der Waals surface area contributed by atoms with Crippen LogP contribution in [0, 0.1) is 5.92 Å². The molecule has 1 saturated heterocycles. The molecule has 1 saturated carbocycles. The predicted molar refractivity (Wildman–Crippen MR) is 38.4 cm³/mol. The molecule has 0 aromatic heterocycles. The van der Waals surface area contributed by atoms with Gasteiger partial charge in [0.05, 0.1) is 0 Å². The van der Waals surface area contributed by atoms with Gasteiger partial charge in [0.1, 0.15) is 0 Å². The van der Waals surface area contributed by atoms with Gasteiger partial charge >= 0.3 is 0 Å². The van der Waals surface area contributed by atoms with Crippen LogP contribution in [0.4, 0.5) is 0 Å². The summed E-state index contributed by atoms with van der Waals surface area (Å²) >= 11 is 0. The fourth-order valence-electron chi connectivity index (χ4n) is 2.39. The van der Waals surface area contributed by atoms with Gasteiger partial charge in [-0.1, -0.05) is 6.92 Å². The van der Waals surface area contributed by atoms with E-state index in [1.54, 1.807) is 0 Å². The summed E-state index contributed by atoms with van der Waals surface area (Å²) < 4.78 is 0. The third kappa shape index (κ3) is 0.586. The molecule has 1 aliphatic carbocycles. The van der Waals surface area contributed by atoms with Crippen LogP contribution in [0.1, 0.15) is 26.2 Å². The van der Waals surface area contributed by atoms with Crippen LogP contribution in [0.25, 0.3) is 0 Å². The Kier molecular flexibility index (Phi) is 0.963. The second kappa shape index (κ2) is 1.51. The molecular weight excluding hydrogens is 110 g/mol. The minimum absolute atomic E-state index is 0.694. The van der Waals surface area contributed by atoms with Gasteiger partial charge in [0, 0.05) is 5.54 Å². The second-order valence-electron chi connectivity index (χ2n) is 3.73. The Bertz CT molecular complexity index is 133. The minimum Gasteiger partial charge on any atom is -0.300 e. The van der Waals surface area contributed by atoms with E-state index in [1.807, 2.05) is 0 Å². The van der Waals surface area contributed by atoms with E-state index in [0.717, 1.165) is 5.92 Å². The van der Waals surface area contributed by atoms with Gasteiger partial charge in [0.2, 0.25) is 0 Å². The third-order valence-electron chi connectivity index (χ3n) is 3.28. The monoisotopic (exact) mass is 125 g/mol. The summed E-state index contributed by atoms with van der Waals surface area (Å²) in [6.45, 7) is 3.71. The standard InChI is InChI=1S/C8H15N/c1-7-6-8(7)4-3-5-9(8)2/h7H,3-6H2,1-2H3/t7-,8?/m1/s1. The molecule has 9 heavy (non-hydrogen) atoms. The lowest BCUT2D eigenvalue weighted by molar-refractivity contribution is 0.273. The molecule has 0 N–H and O–H groups in total. The molecule has 1 spiro atoms. The van der Waals surface area contributed by atoms with E-state index < -0.39 is 0 Å². The zero-order valence-electron chi connectivity index (χ0n) is 6.35. The maximum atomic E-state index is 2.55. The fraction of sp³-hybridized carbons (Fsp3) is 1.00. The Balaban J connectivity index is 2.12. The average molecular weight is 125 g/mol. The summed E-state index contributed by atoms with van der Waals surface area (Å²) in [6, 6.07) is 0. The molecule has 0 aromatic rings. The second-order valence-corrected chi connectivity index (χ2v) is 3.73. The Labute approximate surface area is 57.0 Å². The van der Waals surface area contributed by atoms with Gasteiger partial charge in [-0.25, -0.2) is 0 Å². The molecule has 1 heteroatoms. The van der Waals surface area contributed by atoms with Gasteiger partial charge < -0.3 is 4.90 Å². The fourth-order valence-corrected chi connectivity index (χ4v) is 2.39. The Morgan fingerprint density at radius 3 is 2.44 bits per heavy atom. The molecule has 1 unspecified atom stereocenters. The summed E-state index contributed by atoms with van der Waals surface area (Å²) in [7, 11) is 2.27. The first-order valence-corrected chi connectivity index (χ1v) is 3.97. The molecule has 2 fully saturated rings. The Morgan fingerprint density at radius 2 is 2.22 bits per heavy atom. The highest BCUT2D eigenvalue weighted by molar-refractivity contribution is 5.11. The highest BCUT2D eigenvalue weighted by Gasteiger charge is 2.55. The average Bonchev–Trinajstić information content (AvgIpc) is 2.29. The van der Waals surface area contributed by atoms with E-state index >= 15 is 0 Å². The van der Waals surface area contributed by atoms with Crippen LogP contribution in [-0.4, -0.2) is 24.0 Å². The molecule has 0 amide bonds. The molecule has 1 aliphatic heterocycles. The van der Waals surface area contributed by atoms with Crippen molar-refractivity contribution in [1.82, 2.24) is 4.90 Å². The van der Waals surface area contributed by atoms with Crippen LogP contribution in [0.3, 0.4) is 0 Å². The topological polar surface area (TPSA) is 3.24 Å². The Morgan fingerprint density at radius 1 is 1.56 bits per heavy atom. The van der Waals surface area contributed by atoms with Crippen molar-refractivity contribution in [1.29, 1.82) is 0 Å². The normalized spacial score (nSPS) is 50.7. The van der Waals surface area contributed by atoms with E-state index in [0.29, 0.717) is 5.54 Å². The van der Waals surface area contributed by atoms with Gasteiger partial charge in [-0.3, -0.25) is 0 Å². The smallest absolute Gasteiger partial charge is 0.0236 e. The maximum Gasteiger partial charge on any atom is 0.0236 e. The molecule has 0 aromatic carbocycles. The van der Waals surface area contributed by atoms with Crippen molar-refractivity contribution in [2.75, 3.05) is 13.6 Å². The zero-order chi connectivity index (χ0) is 6.48. The number of rotatable bonds is 0. The van der Waals surface area contributed by atoms with Gasteiger partial charge in [-0.05, 0) is 38.8 Å². The third-order valence-corrected chi connectivity index (χ3v) is 3.28. The minimum atomic E-state index is 0.694. The van der Waals surface area contributed by atoms with E-state index in [4.69, 9.17) is 0 Å². The molecule has 2 atom stereocenters. The van der Waals surface area contributed by atoms with Crippen molar-refractivity contribution < 1.29 is 0 Å². The van der Waals surface area contributed by atoms with Crippen LogP contribution in [0.2, 0.25) is 0 Å². The molecule has 0 bridgehead atoms. The molecule has 2 rings (SSSR count). The number of nitrogens with zero attached hydrogens (tertiary/aromatic N) is 1. The summed E-state index contributed by atoms with van der Waals surface area (Å²) in [6.07, 6.45) is 4.36. The maximum absolute atomic E-state index is 2.55. The van der Waals surface area contributed by atoms with Crippen LogP contribution in [0.5, 0.6) is 0 Å². The molecule has 2 aliphatic rings. The highest BCUT2D eigenvalue weighted by atomic mass is 15.2. The first-order chi connectivity index (χ1) is 4.26. The Hall–Kier alpha value is -0.0400. The summed E-state index contributed by atoms with van der Waals surface area (Å²) in [5.41, 5.74) is 0.694. The molecular formula is C8H15N. The van der Waals surface area contributed by atoms with Crippen molar-refractivity contribution in [3.63, 3.8) is 0 Å². The molecule has 1 heterocycles. The largest absolute Gasteiger partial charge is 0.300 e. The van der Waals surface area contributed by atoms with Crippen molar-refractivity contribution in [3.05, 3.63) is 0 Å². The molecule has 52 valence electrons. The summed E-state index contributed by atoms with van der Waals surface area (Å²) in [4.78, 5) is 2.55. The number of likely N-dealkylation sites (tertiary alicyclic amines) is 1. The van der Waals surface area contributed by atoms with E-state index in [9.17, 15) is 0 Å². The van der Waals surface area contributed by atoms with Gasteiger partial charge in [-0.2, -0.15) is 0 Å². The van der Waals surface area contributed by atoms with Gasteiger partial charge in [-0.15, -0.1) is 0 Å². The van der Waals surface area contributed by atoms with E-state index in [2.05, 4.69) is 18.9 Å². The lowest BCUT2D eigenvalue weighted by Crippen LogP contribution is -2.28. The quantitative estimate of drug-likeness (QED) is 0.474. The van der Waals surface area contributed by atoms with Crippen molar-refractivity contribution in [2.45, 2.75) is 31.7 Å². The van der Waals surface area contributed by atoms with Crippen molar-refractivity contribution in [3.8, 4) is 0 Å². The van der Waals surface area contributed by atoms with Crippen LogP contribution < -0.4 is 0 Å². The zero-order valence-corrected chi connectivity index (χ0v) is 6.35. The summed E-state index contributed by atoms with van der Waals surface area (Å²) in [5.74, 6) is 0.991. The first kappa shape index (κ1) is 5.72.